The molecule has 0 radical (unpaired) electrons. The second-order valence-electron chi connectivity index (χ2n) is 4.56. The number of nitrogens with zero attached hydrogens (tertiary/aromatic N) is 2. The minimum Gasteiger partial charge on any atom is -0.320 e. The van der Waals surface area contributed by atoms with Gasteiger partial charge in [0.2, 0.25) is 0 Å². The lowest BCUT2D eigenvalue weighted by Gasteiger charge is -2.24. The van der Waals surface area contributed by atoms with Crippen molar-refractivity contribution in [1.82, 2.24) is 9.78 Å². The number of aromatic nitrogens is 2. The smallest absolute Gasteiger partial charge is 0.256 e. The van der Waals surface area contributed by atoms with Crippen molar-refractivity contribution in [2.45, 2.75) is 25.3 Å². The highest BCUT2D eigenvalue weighted by atomic mass is 19.3. The third-order valence-electron chi connectivity index (χ3n) is 2.81. The van der Waals surface area contributed by atoms with Crippen molar-refractivity contribution in [2.24, 2.45) is 5.73 Å². The average Bonchev–Trinajstić information content (AvgIpc) is 2.82. The monoisotopic (exact) mass is 251 g/mol. The van der Waals surface area contributed by atoms with Gasteiger partial charge in [-0.25, -0.2) is 13.5 Å². The number of nitrogens with two attached hydrogens (primary N) is 1. The molecule has 18 heavy (non-hydrogen) atoms. The van der Waals surface area contributed by atoms with Crippen molar-refractivity contribution >= 4 is 0 Å². The molecule has 0 spiro atoms. The van der Waals surface area contributed by atoms with Crippen LogP contribution in [0.15, 0.2) is 42.7 Å². The molecule has 0 fully saturated rings. The third kappa shape index (κ3) is 2.56. The Morgan fingerprint density at radius 2 is 2.06 bits per heavy atom. The molecule has 96 valence electrons. The zero-order chi connectivity index (χ0) is 13.2. The van der Waals surface area contributed by atoms with Crippen LogP contribution in [0.4, 0.5) is 8.78 Å². The number of halogens is 2. The Hall–Kier alpha value is -1.75. The molecule has 1 heterocycles. The normalized spacial score (nSPS) is 14.7. The molecule has 0 amide bonds. The van der Waals surface area contributed by atoms with Crippen molar-refractivity contribution in [3.05, 3.63) is 48.3 Å². The van der Waals surface area contributed by atoms with Gasteiger partial charge in [-0.15, -0.1) is 0 Å². The predicted molar refractivity (Wildman–Crippen MR) is 65.9 cm³/mol. The molecule has 0 aliphatic rings. The molecule has 1 aromatic heterocycles. The number of alkyl halides is 2. The van der Waals surface area contributed by atoms with E-state index in [2.05, 4.69) is 5.10 Å². The summed E-state index contributed by atoms with van der Waals surface area (Å²) in [6.45, 7) is 1.36. The maximum absolute atomic E-state index is 12.8. The fraction of sp³-hybridized carbons (Fsp3) is 0.308. The zero-order valence-corrected chi connectivity index (χ0v) is 10.1. The average molecular weight is 251 g/mol. The fourth-order valence-corrected chi connectivity index (χ4v) is 1.78. The molecular weight excluding hydrogens is 236 g/mol. The SMILES string of the molecule is CC(N)(Cc1ccccc1-n1cccn1)C(F)F. The van der Waals surface area contributed by atoms with Gasteiger partial charge in [0.05, 0.1) is 11.2 Å². The number of rotatable bonds is 4. The maximum Gasteiger partial charge on any atom is 0.256 e. The Balaban J connectivity index is 2.35. The highest BCUT2D eigenvalue weighted by Crippen LogP contribution is 2.22. The standard InChI is InChI=1S/C13H15F2N3/c1-13(16,12(14)15)9-10-5-2-3-6-11(10)18-8-4-7-17-18/h2-8,12H,9,16H2,1H3. The van der Waals surface area contributed by atoms with Gasteiger partial charge in [0.25, 0.3) is 6.43 Å². The molecule has 5 heteroatoms. The Labute approximate surface area is 104 Å². The van der Waals surface area contributed by atoms with E-state index in [1.165, 1.54) is 6.92 Å². The number of hydrogen-bond acceptors (Lipinski definition) is 2. The summed E-state index contributed by atoms with van der Waals surface area (Å²) in [5.74, 6) is 0. The molecule has 2 N–H and O–H groups in total. The van der Waals surface area contributed by atoms with Gasteiger partial charge in [0.15, 0.2) is 0 Å². The first-order chi connectivity index (χ1) is 8.50. The van der Waals surface area contributed by atoms with Crippen LogP contribution in [0.2, 0.25) is 0 Å². The van der Waals surface area contributed by atoms with E-state index in [9.17, 15) is 8.78 Å². The first kappa shape index (κ1) is 12.7. The summed E-state index contributed by atoms with van der Waals surface area (Å²) in [5, 5.41) is 4.11. The Kier molecular flexibility index (Phi) is 3.43. The van der Waals surface area contributed by atoms with Crippen LogP contribution in [0.5, 0.6) is 0 Å². The summed E-state index contributed by atoms with van der Waals surface area (Å²) in [7, 11) is 0. The van der Waals surface area contributed by atoms with Crippen molar-refractivity contribution in [2.75, 3.05) is 0 Å². The molecule has 0 aliphatic carbocycles. The molecule has 3 nitrogen and oxygen atoms in total. The topological polar surface area (TPSA) is 43.8 Å². The summed E-state index contributed by atoms with van der Waals surface area (Å²) in [4.78, 5) is 0. The van der Waals surface area contributed by atoms with Gasteiger partial charge < -0.3 is 5.73 Å². The van der Waals surface area contributed by atoms with Crippen molar-refractivity contribution in [3.8, 4) is 5.69 Å². The second kappa shape index (κ2) is 4.86. The minimum atomic E-state index is -2.57. The molecule has 1 atom stereocenters. The first-order valence-corrected chi connectivity index (χ1v) is 5.65. The quantitative estimate of drug-likeness (QED) is 0.906. The second-order valence-corrected chi connectivity index (χ2v) is 4.56. The molecule has 1 unspecified atom stereocenters. The number of hydrogen-bond donors (Lipinski definition) is 1. The molecule has 0 saturated heterocycles. The van der Waals surface area contributed by atoms with Gasteiger partial charge in [0, 0.05) is 12.4 Å². The van der Waals surface area contributed by atoms with Crippen molar-refractivity contribution < 1.29 is 8.78 Å². The van der Waals surface area contributed by atoms with Crippen LogP contribution in [-0.4, -0.2) is 21.7 Å². The van der Waals surface area contributed by atoms with E-state index in [1.807, 2.05) is 18.2 Å². The molecule has 2 aromatic rings. The summed E-state index contributed by atoms with van der Waals surface area (Å²) in [6, 6.07) is 9.07. The van der Waals surface area contributed by atoms with Crippen LogP contribution in [-0.2, 0) is 6.42 Å². The number of benzene rings is 1. The van der Waals surface area contributed by atoms with Crippen LogP contribution in [0.3, 0.4) is 0 Å². The summed E-state index contributed by atoms with van der Waals surface area (Å²) < 4.78 is 27.3. The molecule has 0 saturated carbocycles. The zero-order valence-electron chi connectivity index (χ0n) is 10.1. The van der Waals surface area contributed by atoms with Gasteiger partial charge in [-0.2, -0.15) is 5.10 Å². The van der Waals surface area contributed by atoms with Crippen LogP contribution < -0.4 is 5.73 Å². The van der Waals surface area contributed by atoms with Crippen LogP contribution >= 0.6 is 0 Å². The fourth-order valence-electron chi connectivity index (χ4n) is 1.78. The van der Waals surface area contributed by atoms with Gasteiger partial charge in [-0.1, -0.05) is 18.2 Å². The van der Waals surface area contributed by atoms with Crippen LogP contribution in [0.25, 0.3) is 5.69 Å². The van der Waals surface area contributed by atoms with E-state index in [0.717, 1.165) is 11.3 Å². The molecule has 1 aromatic carbocycles. The van der Waals surface area contributed by atoms with E-state index < -0.39 is 12.0 Å². The maximum atomic E-state index is 12.8. The van der Waals surface area contributed by atoms with Gasteiger partial charge in [0.1, 0.15) is 0 Å². The summed E-state index contributed by atoms with van der Waals surface area (Å²) >= 11 is 0. The van der Waals surface area contributed by atoms with Crippen LogP contribution in [0, 0.1) is 0 Å². The van der Waals surface area contributed by atoms with Crippen LogP contribution in [0.1, 0.15) is 12.5 Å². The lowest BCUT2D eigenvalue weighted by molar-refractivity contribution is 0.0639. The lowest BCUT2D eigenvalue weighted by Crippen LogP contribution is -2.46. The Morgan fingerprint density at radius 3 is 2.67 bits per heavy atom. The third-order valence-corrected chi connectivity index (χ3v) is 2.81. The van der Waals surface area contributed by atoms with Gasteiger partial charge in [-0.05, 0) is 31.0 Å². The van der Waals surface area contributed by atoms with Crippen molar-refractivity contribution in [1.29, 1.82) is 0 Å². The summed E-state index contributed by atoms with van der Waals surface area (Å²) in [5.41, 5.74) is 5.63. The minimum absolute atomic E-state index is 0.0979. The number of para-hydroxylation sites is 1. The first-order valence-electron chi connectivity index (χ1n) is 5.65. The van der Waals surface area contributed by atoms with E-state index in [0.29, 0.717) is 0 Å². The molecule has 0 aliphatic heterocycles. The lowest BCUT2D eigenvalue weighted by atomic mass is 9.93. The van der Waals surface area contributed by atoms with E-state index in [-0.39, 0.29) is 6.42 Å². The molecule has 2 rings (SSSR count). The van der Waals surface area contributed by atoms with E-state index >= 15 is 0 Å². The molecule has 0 bridgehead atoms. The highest BCUT2D eigenvalue weighted by molar-refractivity contribution is 5.41. The highest BCUT2D eigenvalue weighted by Gasteiger charge is 2.31. The van der Waals surface area contributed by atoms with Gasteiger partial charge in [-0.3, -0.25) is 0 Å². The van der Waals surface area contributed by atoms with E-state index in [1.54, 1.807) is 29.2 Å². The largest absolute Gasteiger partial charge is 0.320 e. The molecular formula is C13H15F2N3. The van der Waals surface area contributed by atoms with E-state index in [4.69, 9.17) is 5.73 Å². The van der Waals surface area contributed by atoms with Crippen molar-refractivity contribution in [3.63, 3.8) is 0 Å². The Bertz CT molecular complexity index is 507. The van der Waals surface area contributed by atoms with Gasteiger partial charge >= 0.3 is 0 Å². The predicted octanol–water partition coefficient (Wildman–Crippen LogP) is 2.40. The Morgan fingerprint density at radius 1 is 1.33 bits per heavy atom. The summed E-state index contributed by atoms with van der Waals surface area (Å²) in [6.07, 6.45) is 0.949.